The molecule has 3 N–H and O–H groups in total. The highest BCUT2D eigenvalue weighted by Crippen LogP contribution is 2.10. The fourth-order valence-corrected chi connectivity index (χ4v) is 2.51. The van der Waals surface area contributed by atoms with Gasteiger partial charge in [-0.1, -0.05) is 20.3 Å². The Bertz CT molecular complexity index is 359. The van der Waals surface area contributed by atoms with Gasteiger partial charge in [0.25, 0.3) is 0 Å². The second kappa shape index (κ2) is 12.6. The Labute approximate surface area is 136 Å². The van der Waals surface area contributed by atoms with Crippen LogP contribution in [0.1, 0.15) is 65.2 Å². The average molecular weight is 330 g/mol. The SMILES string of the molecule is CC(C)C(NC(=O)CCCCCP)C(=O)CCCCC(N)=O. The molecule has 0 saturated carbocycles. The summed E-state index contributed by atoms with van der Waals surface area (Å²) >= 11 is 0. The van der Waals surface area contributed by atoms with Crippen molar-refractivity contribution in [3.8, 4) is 0 Å². The molecule has 0 spiro atoms. The molecule has 0 rings (SSSR count). The molecule has 0 radical (unpaired) electrons. The number of carbonyl (C=O) groups excluding carboxylic acids is 3. The summed E-state index contributed by atoms with van der Waals surface area (Å²) in [6.45, 7) is 3.86. The third kappa shape index (κ3) is 10.7. The van der Waals surface area contributed by atoms with E-state index in [0.29, 0.717) is 32.1 Å². The van der Waals surface area contributed by atoms with Crippen LogP contribution in [0.15, 0.2) is 0 Å². The molecule has 6 heteroatoms. The number of hydrogen-bond acceptors (Lipinski definition) is 3. The first-order valence-electron chi connectivity index (χ1n) is 8.19. The number of nitrogens with two attached hydrogens (primary N) is 1. The second-order valence-corrected chi connectivity index (χ2v) is 6.61. The first-order chi connectivity index (χ1) is 10.4. The first kappa shape index (κ1) is 21.0. The summed E-state index contributed by atoms with van der Waals surface area (Å²) < 4.78 is 0. The van der Waals surface area contributed by atoms with Gasteiger partial charge in [0.2, 0.25) is 11.8 Å². The Balaban J connectivity index is 4.14. The Morgan fingerprint density at radius 1 is 0.955 bits per heavy atom. The van der Waals surface area contributed by atoms with E-state index in [0.717, 1.165) is 25.4 Å². The smallest absolute Gasteiger partial charge is 0.220 e. The summed E-state index contributed by atoms with van der Waals surface area (Å²) in [5.74, 6) is -0.281. The number of ketones is 1. The van der Waals surface area contributed by atoms with Crippen molar-refractivity contribution in [2.45, 2.75) is 71.3 Å². The zero-order valence-corrected chi connectivity index (χ0v) is 15.1. The van der Waals surface area contributed by atoms with E-state index >= 15 is 0 Å². The van der Waals surface area contributed by atoms with Gasteiger partial charge in [-0.05, 0) is 37.8 Å². The fourth-order valence-electron chi connectivity index (χ4n) is 2.23. The van der Waals surface area contributed by atoms with Crippen molar-refractivity contribution in [3.63, 3.8) is 0 Å². The Hall–Kier alpha value is -0.960. The predicted octanol–water partition coefficient (Wildman–Crippen LogP) is 2.18. The van der Waals surface area contributed by atoms with Crippen molar-refractivity contribution < 1.29 is 14.4 Å². The Kier molecular flexibility index (Phi) is 12.0. The van der Waals surface area contributed by atoms with Crippen molar-refractivity contribution in [3.05, 3.63) is 0 Å². The zero-order valence-electron chi connectivity index (χ0n) is 13.9. The molecule has 0 bridgehead atoms. The average Bonchev–Trinajstić information content (AvgIpc) is 2.45. The number of amides is 2. The van der Waals surface area contributed by atoms with Crippen LogP contribution in [0.25, 0.3) is 0 Å². The van der Waals surface area contributed by atoms with Gasteiger partial charge >= 0.3 is 0 Å². The summed E-state index contributed by atoms with van der Waals surface area (Å²) in [6.07, 6.45) is 6.46. The maximum Gasteiger partial charge on any atom is 0.220 e. The molecule has 128 valence electrons. The normalized spacial score (nSPS) is 12.2. The molecule has 2 unspecified atom stereocenters. The lowest BCUT2D eigenvalue weighted by Gasteiger charge is -2.21. The van der Waals surface area contributed by atoms with Crippen LogP contribution in [-0.4, -0.2) is 29.8 Å². The standard InChI is InChI=1S/C16H31N2O3P/c1-12(2)16(13(19)8-5-6-9-14(17)20)18-15(21)10-4-3-7-11-22/h12,16H,3-11,22H2,1-2H3,(H2,17,20)(H,18,21). The van der Waals surface area contributed by atoms with Gasteiger partial charge in [0.1, 0.15) is 0 Å². The van der Waals surface area contributed by atoms with Crippen LogP contribution in [0.4, 0.5) is 0 Å². The molecule has 0 saturated heterocycles. The quantitative estimate of drug-likeness (QED) is 0.401. The summed E-state index contributed by atoms with van der Waals surface area (Å²) in [7, 11) is 2.68. The maximum absolute atomic E-state index is 12.2. The topological polar surface area (TPSA) is 89.3 Å². The molecule has 0 heterocycles. The summed E-state index contributed by atoms with van der Waals surface area (Å²) in [4.78, 5) is 34.8. The van der Waals surface area contributed by atoms with Crippen LogP contribution in [-0.2, 0) is 14.4 Å². The molecule has 0 aromatic rings. The highest BCUT2D eigenvalue weighted by molar-refractivity contribution is 7.16. The molecule has 5 nitrogen and oxygen atoms in total. The van der Waals surface area contributed by atoms with E-state index in [9.17, 15) is 14.4 Å². The van der Waals surface area contributed by atoms with Crippen LogP contribution in [0.5, 0.6) is 0 Å². The molecule has 0 aliphatic carbocycles. The predicted molar refractivity (Wildman–Crippen MR) is 92.5 cm³/mol. The molecule has 2 amide bonds. The lowest BCUT2D eigenvalue weighted by molar-refractivity contribution is -0.129. The third-order valence-corrected chi connectivity index (χ3v) is 3.94. The van der Waals surface area contributed by atoms with Crippen LogP contribution in [0.3, 0.4) is 0 Å². The van der Waals surface area contributed by atoms with E-state index < -0.39 is 6.04 Å². The van der Waals surface area contributed by atoms with Crippen molar-refractivity contribution in [2.75, 3.05) is 6.16 Å². The van der Waals surface area contributed by atoms with E-state index in [2.05, 4.69) is 14.6 Å². The molecule has 0 aliphatic heterocycles. The van der Waals surface area contributed by atoms with Crippen LogP contribution in [0, 0.1) is 5.92 Å². The van der Waals surface area contributed by atoms with Gasteiger partial charge < -0.3 is 11.1 Å². The number of hydrogen-bond donors (Lipinski definition) is 2. The van der Waals surface area contributed by atoms with Crippen molar-refractivity contribution in [1.82, 2.24) is 5.32 Å². The number of nitrogens with one attached hydrogen (secondary N) is 1. The van der Waals surface area contributed by atoms with Gasteiger partial charge in [0.15, 0.2) is 5.78 Å². The number of carbonyl (C=O) groups is 3. The Morgan fingerprint density at radius 3 is 2.09 bits per heavy atom. The lowest BCUT2D eigenvalue weighted by Crippen LogP contribution is -2.44. The molecular formula is C16H31N2O3P. The highest BCUT2D eigenvalue weighted by atomic mass is 31.0. The number of Topliss-reactive ketones (excluding diaryl/α,β-unsaturated/α-hetero) is 1. The fraction of sp³-hybridized carbons (Fsp3) is 0.812. The van der Waals surface area contributed by atoms with Gasteiger partial charge in [-0.2, -0.15) is 0 Å². The summed E-state index contributed by atoms with van der Waals surface area (Å²) in [6, 6.07) is -0.428. The van der Waals surface area contributed by atoms with Gasteiger partial charge in [0, 0.05) is 19.3 Å². The minimum atomic E-state index is -0.428. The summed E-state index contributed by atoms with van der Waals surface area (Å²) in [5, 5.41) is 2.86. The number of unbranched alkanes of at least 4 members (excludes halogenated alkanes) is 3. The number of rotatable bonds is 13. The molecule has 2 atom stereocenters. The first-order valence-corrected chi connectivity index (χ1v) is 9.00. The lowest BCUT2D eigenvalue weighted by atomic mass is 9.95. The van der Waals surface area contributed by atoms with Crippen LogP contribution < -0.4 is 11.1 Å². The van der Waals surface area contributed by atoms with Gasteiger partial charge in [-0.25, -0.2) is 0 Å². The van der Waals surface area contributed by atoms with Gasteiger partial charge in [-0.3, -0.25) is 14.4 Å². The molecule has 0 fully saturated rings. The van der Waals surface area contributed by atoms with Crippen molar-refractivity contribution >= 4 is 26.8 Å². The molecular weight excluding hydrogens is 299 g/mol. The maximum atomic E-state index is 12.2. The second-order valence-electron chi connectivity index (χ2n) is 6.03. The van der Waals surface area contributed by atoms with Crippen molar-refractivity contribution in [1.29, 1.82) is 0 Å². The van der Waals surface area contributed by atoms with E-state index in [1.54, 1.807) is 0 Å². The molecule has 0 aliphatic rings. The zero-order chi connectivity index (χ0) is 17.0. The van der Waals surface area contributed by atoms with Crippen molar-refractivity contribution in [2.24, 2.45) is 11.7 Å². The largest absolute Gasteiger partial charge is 0.370 e. The van der Waals surface area contributed by atoms with Crippen LogP contribution in [0.2, 0.25) is 0 Å². The van der Waals surface area contributed by atoms with Gasteiger partial charge in [-0.15, -0.1) is 9.24 Å². The molecule has 0 aromatic carbocycles. The monoisotopic (exact) mass is 330 g/mol. The minimum absolute atomic E-state index is 0.0396. The van der Waals surface area contributed by atoms with Crippen LogP contribution >= 0.6 is 9.24 Å². The highest BCUT2D eigenvalue weighted by Gasteiger charge is 2.23. The third-order valence-electron chi connectivity index (χ3n) is 3.53. The van der Waals surface area contributed by atoms with Gasteiger partial charge in [0.05, 0.1) is 6.04 Å². The number of primary amides is 1. The van der Waals surface area contributed by atoms with E-state index in [-0.39, 0.29) is 23.5 Å². The summed E-state index contributed by atoms with van der Waals surface area (Å²) in [5.41, 5.74) is 5.07. The van der Waals surface area contributed by atoms with E-state index in [1.165, 1.54) is 0 Å². The van der Waals surface area contributed by atoms with E-state index in [1.807, 2.05) is 13.8 Å². The molecule has 0 aromatic heterocycles. The van der Waals surface area contributed by atoms with E-state index in [4.69, 9.17) is 5.73 Å². The Morgan fingerprint density at radius 2 is 1.55 bits per heavy atom. The molecule has 22 heavy (non-hydrogen) atoms. The minimum Gasteiger partial charge on any atom is -0.370 e.